The second kappa shape index (κ2) is 16.6. The summed E-state index contributed by atoms with van der Waals surface area (Å²) >= 11 is 13.7. The summed E-state index contributed by atoms with van der Waals surface area (Å²) < 4.78 is 24.5. The van der Waals surface area contributed by atoms with Crippen molar-refractivity contribution in [2.45, 2.75) is 38.8 Å². The first-order valence-corrected chi connectivity index (χ1v) is 16.8. The molecule has 14 heteroatoms. The van der Waals surface area contributed by atoms with E-state index < -0.39 is 0 Å². The zero-order valence-electron chi connectivity index (χ0n) is 26.9. The molecule has 4 heterocycles. The first kappa shape index (κ1) is 34.9. The third kappa shape index (κ3) is 8.36. The van der Waals surface area contributed by atoms with Gasteiger partial charge >= 0.3 is 0 Å². The van der Waals surface area contributed by atoms with Crippen LogP contribution in [0.25, 0.3) is 22.2 Å². The van der Waals surface area contributed by atoms with Crippen LogP contribution < -0.4 is 20.3 Å². The number of nitrogens with one attached hydrogen (secondary N) is 1. The number of hydrogen-bond donors (Lipinski definition) is 1. The molecule has 1 amide bonds. The highest BCUT2D eigenvalue weighted by Gasteiger charge is 2.30. The van der Waals surface area contributed by atoms with Gasteiger partial charge in [-0.05, 0) is 31.5 Å². The summed E-state index contributed by atoms with van der Waals surface area (Å²) in [6.07, 6.45) is 5.52. The summed E-state index contributed by atoms with van der Waals surface area (Å²) in [5, 5.41) is 4.33. The van der Waals surface area contributed by atoms with Crippen molar-refractivity contribution in [3.05, 3.63) is 51.4 Å². The standard InChI is InChI=1S/C33H42Cl2N6O6/c1-4-6-13-47-26-18-25(44-3)29(34)28(30(26)35)24-17-22-19-37-33(36-8-7-9-39-10-14-45-15-11-39)38-31(22)41(32(24)43)12-16-46-23-20-40(21-23)27(42)5-2/h5,17-19,23H,2,4,6-16,20-21H2,1,3H3,(H,36,37,38). The van der Waals surface area contributed by atoms with Crippen LogP contribution in [-0.2, 0) is 20.8 Å². The average molecular weight is 690 g/mol. The number of aromatic nitrogens is 3. The van der Waals surface area contributed by atoms with Crippen molar-refractivity contribution in [2.24, 2.45) is 0 Å². The number of anilines is 1. The van der Waals surface area contributed by atoms with Gasteiger partial charge in [0.15, 0.2) is 0 Å². The van der Waals surface area contributed by atoms with Gasteiger partial charge < -0.3 is 29.2 Å². The maximum absolute atomic E-state index is 14.3. The predicted molar refractivity (Wildman–Crippen MR) is 183 cm³/mol. The van der Waals surface area contributed by atoms with Crippen molar-refractivity contribution in [3.8, 4) is 22.6 Å². The Morgan fingerprint density at radius 2 is 1.89 bits per heavy atom. The minimum atomic E-state index is -0.355. The zero-order valence-corrected chi connectivity index (χ0v) is 28.4. The molecule has 0 radical (unpaired) electrons. The molecule has 1 aromatic carbocycles. The Morgan fingerprint density at radius 1 is 1.13 bits per heavy atom. The molecular weight excluding hydrogens is 647 g/mol. The molecule has 2 aliphatic rings. The number of pyridine rings is 1. The molecule has 2 aromatic heterocycles. The van der Waals surface area contributed by atoms with Crippen molar-refractivity contribution in [2.75, 3.05) is 78.1 Å². The molecular formula is C33H42Cl2N6O6. The van der Waals surface area contributed by atoms with E-state index in [1.807, 2.05) is 0 Å². The van der Waals surface area contributed by atoms with Gasteiger partial charge in [0.1, 0.15) is 17.1 Å². The summed E-state index contributed by atoms with van der Waals surface area (Å²) in [7, 11) is 1.50. The van der Waals surface area contributed by atoms with Crippen molar-refractivity contribution in [1.29, 1.82) is 0 Å². The molecule has 0 spiro atoms. The van der Waals surface area contributed by atoms with Gasteiger partial charge in [0.25, 0.3) is 5.56 Å². The number of carbonyl (C=O) groups excluding carboxylic acids is 1. The number of fused-ring (bicyclic) bond motifs is 1. The fourth-order valence-corrected chi connectivity index (χ4v) is 6.21. The van der Waals surface area contributed by atoms with Crippen molar-refractivity contribution in [1.82, 2.24) is 24.3 Å². The maximum atomic E-state index is 14.3. The smallest absolute Gasteiger partial charge is 0.260 e. The van der Waals surface area contributed by atoms with Gasteiger partial charge in [-0.2, -0.15) is 4.98 Å². The maximum Gasteiger partial charge on any atom is 0.260 e. The van der Waals surface area contributed by atoms with Gasteiger partial charge in [0.05, 0.1) is 61.8 Å². The monoisotopic (exact) mass is 688 g/mol. The Bertz CT molecular complexity index is 1620. The minimum absolute atomic E-state index is 0.132. The normalized spacial score (nSPS) is 15.4. The van der Waals surface area contributed by atoms with E-state index in [0.717, 1.165) is 52.1 Å². The number of methoxy groups -OCH3 is 1. The van der Waals surface area contributed by atoms with E-state index in [1.165, 1.54) is 13.2 Å². The van der Waals surface area contributed by atoms with E-state index in [0.29, 0.717) is 60.3 Å². The third-order valence-corrected chi connectivity index (χ3v) is 9.00. The SMILES string of the molecule is C=CC(=O)N1CC(OCCn2c(=O)c(-c3c(Cl)c(OC)cc(OCCCC)c3Cl)cc3cnc(NCCCN4CCOCC4)nc32)C1. The van der Waals surface area contributed by atoms with E-state index in [1.54, 1.807) is 27.8 Å². The van der Waals surface area contributed by atoms with Crippen LogP contribution in [0.4, 0.5) is 5.95 Å². The van der Waals surface area contributed by atoms with Crippen molar-refractivity contribution in [3.63, 3.8) is 0 Å². The second-order valence-corrected chi connectivity index (χ2v) is 12.2. The average Bonchev–Trinajstić information content (AvgIpc) is 3.06. The summed E-state index contributed by atoms with van der Waals surface area (Å²) in [5.41, 5.74) is 0.656. The molecule has 2 fully saturated rings. The number of halogens is 2. The third-order valence-electron chi connectivity index (χ3n) is 8.25. The Kier molecular flexibility index (Phi) is 12.3. The lowest BCUT2D eigenvalue weighted by Crippen LogP contribution is -2.54. The van der Waals surface area contributed by atoms with Gasteiger partial charge in [-0.1, -0.05) is 43.1 Å². The van der Waals surface area contributed by atoms with E-state index >= 15 is 0 Å². The lowest BCUT2D eigenvalue weighted by atomic mass is 10.0. The van der Waals surface area contributed by atoms with Crippen LogP contribution in [0.5, 0.6) is 11.5 Å². The van der Waals surface area contributed by atoms with Crippen LogP contribution in [0.15, 0.2) is 35.8 Å². The number of morpholine rings is 1. The van der Waals surface area contributed by atoms with Gasteiger partial charge in [-0.15, -0.1) is 0 Å². The Labute approximate surface area is 284 Å². The van der Waals surface area contributed by atoms with Crippen LogP contribution in [0.3, 0.4) is 0 Å². The topological polar surface area (TPSA) is 120 Å². The largest absolute Gasteiger partial charge is 0.495 e. The molecule has 5 rings (SSSR count). The van der Waals surface area contributed by atoms with Crippen LogP contribution in [0, 0.1) is 0 Å². The summed E-state index contributed by atoms with van der Waals surface area (Å²) in [5.74, 6) is 1.00. The molecule has 2 aliphatic heterocycles. The van der Waals surface area contributed by atoms with Crippen LogP contribution in [0.2, 0.25) is 10.0 Å². The van der Waals surface area contributed by atoms with Crippen LogP contribution in [0.1, 0.15) is 26.2 Å². The number of nitrogens with zero attached hydrogens (tertiary/aromatic N) is 5. The number of likely N-dealkylation sites (tertiary alicyclic amines) is 1. The van der Waals surface area contributed by atoms with Gasteiger partial charge in [0, 0.05) is 55.9 Å². The van der Waals surface area contributed by atoms with E-state index in [9.17, 15) is 9.59 Å². The van der Waals surface area contributed by atoms with Gasteiger partial charge in [-0.25, -0.2) is 4.98 Å². The summed E-state index contributed by atoms with van der Waals surface area (Å²) in [6, 6.07) is 3.33. The first-order chi connectivity index (χ1) is 22.8. The number of unbranched alkanes of at least 4 members (excludes halogenated alkanes) is 1. The molecule has 0 aliphatic carbocycles. The van der Waals surface area contributed by atoms with Crippen molar-refractivity contribution < 1.29 is 23.7 Å². The predicted octanol–water partition coefficient (Wildman–Crippen LogP) is 4.50. The molecule has 1 N–H and O–H groups in total. The Morgan fingerprint density at radius 3 is 2.62 bits per heavy atom. The second-order valence-electron chi connectivity index (χ2n) is 11.4. The highest BCUT2D eigenvalue weighted by Crippen LogP contribution is 2.45. The number of ether oxygens (including phenoxy) is 4. The quantitative estimate of drug-likeness (QED) is 0.170. The number of carbonyl (C=O) groups is 1. The first-order valence-electron chi connectivity index (χ1n) is 16.0. The number of hydrogen-bond acceptors (Lipinski definition) is 10. The highest BCUT2D eigenvalue weighted by molar-refractivity contribution is 6.41. The molecule has 3 aromatic rings. The van der Waals surface area contributed by atoms with Gasteiger partial charge in [-0.3, -0.25) is 19.1 Å². The molecule has 0 bridgehead atoms. The molecule has 47 heavy (non-hydrogen) atoms. The number of amides is 1. The summed E-state index contributed by atoms with van der Waals surface area (Å²) in [4.78, 5) is 39.5. The highest BCUT2D eigenvalue weighted by atomic mass is 35.5. The van der Waals surface area contributed by atoms with Crippen LogP contribution >= 0.6 is 23.2 Å². The zero-order chi connectivity index (χ0) is 33.3. The van der Waals surface area contributed by atoms with E-state index in [2.05, 4.69) is 28.7 Å². The Hall–Kier alpha value is -3.42. The molecule has 254 valence electrons. The molecule has 12 nitrogen and oxygen atoms in total. The number of rotatable bonds is 16. The fraction of sp³-hybridized carbons (Fsp3) is 0.515. The lowest BCUT2D eigenvalue weighted by molar-refractivity contribution is -0.139. The molecule has 2 saturated heterocycles. The number of benzene rings is 1. The van der Waals surface area contributed by atoms with E-state index in [-0.39, 0.29) is 46.3 Å². The molecule has 0 saturated carbocycles. The summed E-state index contributed by atoms with van der Waals surface area (Å²) in [6.45, 7) is 12.4. The Balaban J connectivity index is 1.44. The van der Waals surface area contributed by atoms with E-state index in [4.69, 9.17) is 47.1 Å². The fourth-order valence-electron chi connectivity index (χ4n) is 5.53. The van der Waals surface area contributed by atoms with Gasteiger partial charge in [0.2, 0.25) is 11.9 Å². The molecule has 0 atom stereocenters. The van der Waals surface area contributed by atoms with Crippen molar-refractivity contribution >= 4 is 46.1 Å². The lowest BCUT2D eigenvalue weighted by Gasteiger charge is -2.38. The molecule has 0 unspecified atom stereocenters. The van der Waals surface area contributed by atoms with Crippen LogP contribution in [-0.4, -0.2) is 109 Å². The minimum Gasteiger partial charge on any atom is -0.495 e.